The van der Waals surface area contributed by atoms with Gasteiger partial charge in [-0.05, 0) is 36.8 Å². The summed E-state index contributed by atoms with van der Waals surface area (Å²) in [6.07, 6.45) is 2.57. The van der Waals surface area contributed by atoms with Gasteiger partial charge in [0.1, 0.15) is 11.8 Å². The van der Waals surface area contributed by atoms with Crippen molar-refractivity contribution in [1.82, 2.24) is 0 Å². The molecule has 0 aromatic heterocycles. The standard InChI is InChI=1S/C13H15NO/c1-10-6-7-12(10)9-15-13-5-3-2-4-11(13)8-14/h2-5,10,12H,6-7,9H2,1H3/t10-,12+/m0/s1. The van der Waals surface area contributed by atoms with Crippen LogP contribution in [0.25, 0.3) is 0 Å². The van der Waals surface area contributed by atoms with E-state index in [-0.39, 0.29) is 0 Å². The van der Waals surface area contributed by atoms with Crippen molar-refractivity contribution in [3.8, 4) is 11.8 Å². The molecule has 0 saturated heterocycles. The first kappa shape index (κ1) is 10.0. The van der Waals surface area contributed by atoms with Crippen LogP contribution < -0.4 is 4.74 Å². The van der Waals surface area contributed by atoms with E-state index in [0.29, 0.717) is 11.5 Å². The minimum atomic E-state index is 0.629. The van der Waals surface area contributed by atoms with E-state index in [2.05, 4.69) is 13.0 Å². The molecule has 2 nitrogen and oxygen atoms in total. The molecule has 2 rings (SSSR count). The van der Waals surface area contributed by atoms with Crippen molar-refractivity contribution in [2.24, 2.45) is 11.8 Å². The Morgan fingerprint density at radius 1 is 1.40 bits per heavy atom. The van der Waals surface area contributed by atoms with Crippen molar-refractivity contribution in [3.05, 3.63) is 29.8 Å². The van der Waals surface area contributed by atoms with Crippen LogP contribution in [0.4, 0.5) is 0 Å². The molecule has 1 aromatic carbocycles. The molecule has 0 radical (unpaired) electrons. The zero-order chi connectivity index (χ0) is 10.7. The highest BCUT2D eigenvalue weighted by molar-refractivity contribution is 5.42. The van der Waals surface area contributed by atoms with Crippen LogP contribution in [0.5, 0.6) is 5.75 Å². The van der Waals surface area contributed by atoms with Crippen molar-refractivity contribution in [1.29, 1.82) is 5.26 Å². The number of ether oxygens (including phenoxy) is 1. The molecular formula is C13H15NO. The summed E-state index contributed by atoms with van der Waals surface area (Å²) in [5.41, 5.74) is 0.629. The van der Waals surface area contributed by atoms with Gasteiger partial charge in [-0.15, -0.1) is 0 Å². The predicted octanol–water partition coefficient (Wildman–Crippen LogP) is 2.98. The van der Waals surface area contributed by atoms with Crippen LogP contribution >= 0.6 is 0 Å². The molecule has 2 heteroatoms. The first-order valence-corrected chi connectivity index (χ1v) is 5.43. The molecule has 1 aromatic rings. The minimum absolute atomic E-state index is 0.629. The van der Waals surface area contributed by atoms with E-state index in [1.807, 2.05) is 18.2 Å². The van der Waals surface area contributed by atoms with Gasteiger partial charge in [-0.1, -0.05) is 19.1 Å². The molecule has 78 valence electrons. The third-order valence-corrected chi connectivity index (χ3v) is 3.26. The molecule has 0 bridgehead atoms. The summed E-state index contributed by atoms with van der Waals surface area (Å²) in [5.74, 6) is 2.18. The van der Waals surface area contributed by atoms with E-state index < -0.39 is 0 Å². The van der Waals surface area contributed by atoms with Gasteiger partial charge in [-0.25, -0.2) is 0 Å². The fraction of sp³-hybridized carbons (Fsp3) is 0.462. The lowest BCUT2D eigenvalue weighted by Crippen LogP contribution is -2.28. The third kappa shape index (κ3) is 2.12. The quantitative estimate of drug-likeness (QED) is 0.753. The Morgan fingerprint density at radius 3 is 2.80 bits per heavy atom. The highest BCUT2D eigenvalue weighted by atomic mass is 16.5. The molecule has 1 aliphatic carbocycles. The number of hydrogen-bond donors (Lipinski definition) is 0. The fourth-order valence-corrected chi connectivity index (χ4v) is 1.86. The van der Waals surface area contributed by atoms with Gasteiger partial charge in [0.15, 0.2) is 0 Å². The van der Waals surface area contributed by atoms with Crippen molar-refractivity contribution >= 4 is 0 Å². The van der Waals surface area contributed by atoms with Crippen LogP contribution in [0.15, 0.2) is 24.3 Å². The summed E-state index contributed by atoms with van der Waals surface area (Å²) in [4.78, 5) is 0. The van der Waals surface area contributed by atoms with Crippen LogP contribution in [-0.4, -0.2) is 6.61 Å². The number of nitrogens with zero attached hydrogens (tertiary/aromatic N) is 1. The lowest BCUT2D eigenvalue weighted by Gasteiger charge is -2.33. The van der Waals surface area contributed by atoms with Gasteiger partial charge in [0.05, 0.1) is 12.2 Å². The van der Waals surface area contributed by atoms with E-state index in [0.717, 1.165) is 18.3 Å². The summed E-state index contributed by atoms with van der Waals surface area (Å²) in [7, 11) is 0. The van der Waals surface area contributed by atoms with E-state index in [1.54, 1.807) is 6.07 Å². The van der Waals surface area contributed by atoms with Gasteiger partial charge >= 0.3 is 0 Å². The summed E-state index contributed by atoms with van der Waals surface area (Å²) in [5, 5.41) is 8.88. The van der Waals surface area contributed by atoms with Crippen LogP contribution in [0.2, 0.25) is 0 Å². The lowest BCUT2D eigenvalue weighted by atomic mass is 9.75. The largest absolute Gasteiger partial charge is 0.492 e. The predicted molar refractivity (Wildman–Crippen MR) is 58.5 cm³/mol. The highest BCUT2D eigenvalue weighted by Crippen LogP contribution is 2.34. The van der Waals surface area contributed by atoms with E-state index in [9.17, 15) is 0 Å². The monoisotopic (exact) mass is 201 g/mol. The van der Waals surface area contributed by atoms with Crippen LogP contribution in [-0.2, 0) is 0 Å². The van der Waals surface area contributed by atoms with Gasteiger partial charge in [-0.3, -0.25) is 0 Å². The van der Waals surface area contributed by atoms with Crippen molar-refractivity contribution in [3.63, 3.8) is 0 Å². The fourth-order valence-electron chi connectivity index (χ4n) is 1.86. The maximum Gasteiger partial charge on any atom is 0.137 e. The summed E-state index contributed by atoms with van der Waals surface area (Å²) >= 11 is 0. The molecule has 0 amide bonds. The molecule has 1 saturated carbocycles. The molecule has 2 atom stereocenters. The highest BCUT2D eigenvalue weighted by Gasteiger charge is 2.27. The second-order valence-electron chi connectivity index (χ2n) is 4.23. The molecule has 0 N–H and O–H groups in total. The minimum Gasteiger partial charge on any atom is -0.492 e. The topological polar surface area (TPSA) is 33.0 Å². The second kappa shape index (κ2) is 4.35. The summed E-state index contributed by atoms with van der Waals surface area (Å²) in [6, 6.07) is 9.56. The van der Waals surface area contributed by atoms with Gasteiger partial charge in [-0.2, -0.15) is 5.26 Å². The smallest absolute Gasteiger partial charge is 0.137 e. The maximum absolute atomic E-state index is 8.88. The van der Waals surface area contributed by atoms with Gasteiger partial charge < -0.3 is 4.74 Å². The third-order valence-electron chi connectivity index (χ3n) is 3.26. The van der Waals surface area contributed by atoms with E-state index >= 15 is 0 Å². The molecule has 0 unspecified atom stereocenters. The average Bonchev–Trinajstić information content (AvgIpc) is 2.28. The van der Waals surface area contributed by atoms with E-state index in [1.165, 1.54) is 12.8 Å². The van der Waals surface area contributed by atoms with Gasteiger partial charge in [0.2, 0.25) is 0 Å². The maximum atomic E-state index is 8.88. The zero-order valence-corrected chi connectivity index (χ0v) is 8.94. The van der Waals surface area contributed by atoms with Crippen LogP contribution in [0.1, 0.15) is 25.3 Å². The lowest BCUT2D eigenvalue weighted by molar-refractivity contribution is 0.116. The van der Waals surface area contributed by atoms with Crippen molar-refractivity contribution in [2.75, 3.05) is 6.61 Å². The first-order valence-electron chi connectivity index (χ1n) is 5.43. The number of rotatable bonds is 3. The molecule has 15 heavy (non-hydrogen) atoms. The summed E-state index contributed by atoms with van der Waals surface area (Å²) < 4.78 is 5.68. The molecule has 1 aliphatic rings. The Morgan fingerprint density at radius 2 is 2.20 bits per heavy atom. The Labute approximate surface area is 90.5 Å². The Kier molecular flexibility index (Phi) is 2.91. The Hall–Kier alpha value is -1.49. The summed E-state index contributed by atoms with van der Waals surface area (Å²) in [6.45, 7) is 3.01. The molecule has 0 spiro atoms. The molecular weight excluding hydrogens is 186 g/mol. The number of benzene rings is 1. The van der Waals surface area contributed by atoms with Crippen LogP contribution in [0.3, 0.4) is 0 Å². The normalized spacial score (nSPS) is 24.0. The van der Waals surface area contributed by atoms with Gasteiger partial charge in [0.25, 0.3) is 0 Å². The second-order valence-corrected chi connectivity index (χ2v) is 4.23. The molecule has 0 aliphatic heterocycles. The molecule has 1 fully saturated rings. The number of nitriles is 1. The Bertz CT molecular complexity index is 380. The average molecular weight is 201 g/mol. The zero-order valence-electron chi connectivity index (χ0n) is 8.94. The van der Waals surface area contributed by atoms with Crippen molar-refractivity contribution in [2.45, 2.75) is 19.8 Å². The van der Waals surface area contributed by atoms with Gasteiger partial charge in [0, 0.05) is 0 Å². The first-order chi connectivity index (χ1) is 7.31. The number of hydrogen-bond acceptors (Lipinski definition) is 2. The molecule has 0 heterocycles. The van der Waals surface area contributed by atoms with E-state index in [4.69, 9.17) is 10.00 Å². The Balaban J connectivity index is 1.96. The number of para-hydroxylation sites is 1. The SMILES string of the molecule is C[C@H]1CC[C@@H]1COc1ccccc1C#N. The van der Waals surface area contributed by atoms with Crippen molar-refractivity contribution < 1.29 is 4.74 Å². The van der Waals surface area contributed by atoms with Crippen LogP contribution in [0, 0.1) is 23.2 Å².